The van der Waals surface area contributed by atoms with E-state index >= 15 is 0 Å². The largest absolute Gasteiger partial charge is 0.348 e. The molecule has 1 amide bonds. The molecule has 7 heteroatoms. The highest BCUT2D eigenvalue weighted by molar-refractivity contribution is 7.21. The van der Waals surface area contributed by atoms with E-state index < -0.39 is 0 Å². The number of hydrogen-bond donors (Lipinski definition) is 0. The molecule has 1 aliphatic rings. The highest BCUT2D eigenvalue weighted by atomic mass is 32.1. The van der Waals surface area contributed by atoms with Gasteiger partial charge >= 0.3 is 0 Å². The smallest absolute Gasteiger partial charge is 0.225 e. The summed E-state index contributed by atoms with van der Waals surface area (Å²) >= 11 is 3.36. The zero-order chi connectivity index (χ0) is 18.8. The summed E-state index contributed by atoms with van der Waals surface area (Å²) in [7, 11) is 0. The second-order valence-electron chi connectivity index (χ2n) is 6.77. The van der Waals surface area contributed by atoms with E-state index in [1.165, 1.54) is 4.88 Å². The van der Waals surface area contributed by atoms with Crippen LogP contribution in [-0.2, 0) is 4.79 Å². The van der Waals surface area contributed by atoms with E-state index in [0.717, 1.165) is 60.2 Å². The van der Waals surface area contributed by atoms with Gasteiger partial charge in [-0.1, -0.05) is 17.4 Å². The van der Waals surface area contributed by atoms with Crippen LogP contribution in [0.1, 0.15) is 26.7 Å². The molecule has 3 aromatic heterocycles. The van der Waals surface area contributed by atoms with Gasteiger partial charge in [0.25, 0.3) is 0 Å². The van der Waals surface area contributed by atoms with Crippen LogP contribution in [0.5, 0.6) is 0 Å². The molecular weight excluding hydrogens is 376 g/mol. The number of carbonyl (C=O) groups is 1. The van der Waals surface area contributed by atoms with Crippen molar-refractivity contribution in [2.24, 2.45) is 5.92 Å². The van der Waals surface area contributed by atoms with Crippen LogP contribution in [0.15, 0.2) is 29.6 Å². The summed E-state index contributed by atoms with van der Waals surface area (Å²) in [6.07, 6.45) is 1.80. The molecule has 0 spiro atoms. The van der Waals surface area contributed by atoms with Gasteiger partial charge in [-0.3, -0.25) is 4.79 Å². The minimum Gasteiger partial charge on any atom is -0.348 e. The quantitative estimate of drug-likeness (QED) is 0.632. The minimum absolute atomic E-state index is 0.152. The molecule has 1 fully saturated rings. The molecule has 0 aliphatic carbocycles. The summed E-state index contributed by atoms with van der Waals surface area (Å²) in [5.74, 6) is 0.463. The molecule has 142 valence electrons. The Kier molecular flexibility index (Phi) is 5.41. The van der Waals surface area contributed by atoms with E-state index in [2.05, 4.69) is 36.3 Å². The van der Waals surface area contributed by atoms with Gasteiger partial charge in [-0.15, -0.1) is 11.3 Å². The molecule has 0 unspecified atom stereocenters. The number of anilines is 1. The molecule has 0 radical (unpaired) electrons. The van der Waals surface area contributed by atoms with Crippen LogP contribution >= 0.6 is 22.7 Å². The Morgan fingerprint density at radius 1 is 1.19 bits per heavy atom. The van der Waals surface area contributed by atoms with E-state index in [4.69, 9.17) is 9.97 Å². The fourth-order valence-corrected chi connectivity index (χ4v) is 5.30. The van der Waals surface area contributed by atoms with Crippen LogP contribution < -0.4 is 4.90 Å². The summed E-state index contributed by atoms with van der Waals surface area (Å²) in [6.45, 7) is 7.46. The minimum atomic E-state index is 0.152. The Morgan fingerprint density at radius 3 is 2.63 bits per heavy atom. The molecule has 0 N–H and O–H groups in total. The second kappa shape index (κ2) is 7.94. The number of thiophene rings is 1. The van der Waals surface area contributed by atoms with Gasteiger partial charge in [0.15, 0.2) is 5.13 Å². The summed E-state index contributed by atoms with van der Waals surface area (Å²) in [5.41, 5.74) is 1.97. The van der Waals surface area contributed by atoms with E-state index in [-0.39, 0.29) is 5.92 Å². The molecule has 0 bridgehead atoms. The third-order valence-corrected chi connectivity index (χ3v) is 7.13. The van der Waals surface area contributed by atoms with Gasteiger partial charge in [0.1, 0.15) is 10.3 Å². The van der Waals surface area contributed by atoms with Crippen molar-refractivity contribution in [1.29, 1.82) is 0 Å². The van der Waals surface area contributed by atoms with Crippen molar-refractivity contribution in [3.05, 3.63) is 29.6 Å². The Labute approximate surface area is 167 Å². The van der Waals surface area contributed by atoms with Crippen molar-refractivity contribution < 1.29 is 4.79 Å². The highest BCUT2D eigenvalue weighted by Crippen LogP contribution is 2.33. The van der Waals surface area contributed by atoms with Crippen LogP contribution in [0.3, 0.4) is 0 Å². The topological polar surface area (TPSA) is 49.3 Å². The van der Waals surface area contributed by atoms with Gasteiger partial charge in [0.2, 0.25) is 5.91 Å². The molecule has 4 heterocycles. The first-order chi connectivity index (χ1) is 13.2. The van der Waals surface area contributed by atoms with Gasteiger partial charge in [0.05, 0.1) is 10.6 Å². The second-order valence-corrected chi connectivity index (χ2v) is 8.67. The average molecular weight is 401 g/mol. The van der Waals surface area contributed by atoms with Crippen LogP contribution in [0.25, 0.3) is 20.9 Å². The molecular formula is C20H24N4OS2. The van der Waals surface area contributed by atoms with Crippen LogP contribution in [0, 0.1) is 5.92 Å². The molecule has 3 aromatic rings. The van der Waals surface area contributed by atoms with Crippen molar-refractivity contribution in [2.45, 2.75) is 26.7 Å². The molecule has 5 nitrogen and oxygen atoms in total. The monoisotopic (exact) mass is 400 g/mol. The number of hydrogen-bond acceptors (Lipinski definition) is 6. The summed E-state index contributed by atoms with van der Waals surface area (Å²) in [6, 6.07) is 8.26. The first kappa shape index (κ1) is 18.4. The van der Waals surface area contributed by atoms with E-state index in [9.17, 15) is 4.79 Å². The van der Waals surface area contributed by atoms with E-state index in [0.29, 0.717) is 5.91 Å². The number of thiazole rings is 1. The number of carbonyl (C=O) groups excluding carboxylic acids is 1. The number of fused-ring (bicyclic) bond motifs is 1. The van der Waals surface area contributed by atoms with Crippen molar-refractivity contribution in [2.75, 3.05) is 31.1 Å². The summed E-state index contributed by atoms with van der Waals surface area (Å²) in [5, 5.41) is 3.10. The third kappa shape index (κ3) is 3.71. The fraction of sp³-hybridized carbons (Fsp3) is 0.450. The molecule has 0 saturated carbocycles. The molecule has 0 aromatic carbocycles. The predicted octanol–water partition coefficient (Wildman–Crippen LogP) is 4.50. The number of nitrogens with zero attached hydrogens (tertiary/aromatic N) is 4. The van der Waals surface area contributed by atoms with Gasteiger partial charge in [-0.25, -0.2) is 9.97 Å². The van der Waals surface area contributed by atoms with Crippen molar-refractivity contribution in [1.82, 2.24) is 14.9 Å². The highest BCUT2D eigenvalue weighted by Gasteiger charge is 2.28. The standard InChI is InChI=1S/C20H24N4OS2/c1-3-23(4-2)19(25)14-9-11-24(12-10-14)20-22-16-8-7-15(21-18(16)27-20)17-6-5-13-26-17/h5-8,13-14H,3-4,9-12H2,1-2H3. The van der Waals surface area contributed by atoms with Crippen LogP contribution in [0.2, 0.25) is 0 Å². The molecule has 1 saturated heterocycles. The van der Waals surface area contributed by atoms with Gasteiger partial charge < -0.3 is 9.80 Å². The third-order valence-electron chi connectivity index (χ3n) is 5.21. The number of pyridine rings is 1. The van der Waals surface area contributed by atoms with Crippen LogP contribution in [-0.4, -0.2) is 47.0 Å². The Balaban J connectivity index is 1.47. The maximum atomic E-state index is 12.6. The lowest BCUT2D eigenvalue weighted by Gasteiger charge is -2.33. The molecule has 4 rings (SSSR count). The lowest BCUT2D eigenvalue weighted by atomic mass is 9.95. The van der Waals surface area contributed by atoms with Gasteiger partial charge in [-0.2, -0.15) is 0 Å². The number of aromatic nitrogens is 2. The van der Waals surface area contributed by atoms with Crippen molar-refractivity contribution in [3.63, 3.8) is 0 Å². The maximum absolute atomic E-state index is 12.6. The first-order valence-corrected chi connectivity index (χ1v) is 11.2. The zero-order valence-corrected chi connectivity index (χ0v) is 17.4. The SMILES string of the molecule is CCN(CC)C(=O)C1CCN(c2nc3ccc(-c4cccs4)nc3s2)CC1. The van der Waals surface area contributed by atoms with Crippen molar-refractivity contribution in [3.8, 4) is 10.6 Å². The number of piperidine rings is 1. The predicted molar refractivity (Wildman–Crippen MR) is 114 cm³/mol. The number of amides is 1. The zero-order valence-electron chi connectivity index (χ0n) is 15.7. The lowest BCUT2D eigenvalue weighted by Crippen LogP contribution is -2.42. The van der Waals surface area contributed by atoms with E-state index in [1.807, 2.05) is 17.0 Å². The maximum Gasteiger partial charge on any atom is 0.225 e. The fourth-order valence-electron chi connectivity index (χ4n) is 3.61. The van der Waals surface area contributed by atoms with E-state index in [1.54, 1.807) is 22.7 Å². The van der Waals surface area contributed by atoms with Gasteiger partial charge in [0, 0.05) is 32.1 Å². The summed E-state index contributed by atoms with van der Waals surface area (Å²) < 4.78 is 0. The molecule has 0 atom stereocenters. The Bertz CT molecular complexity index is 909. The van der Waals surface area contributed by atoms with Gasteiger partial charge in [-0.05, 0) is 50.3 Å². The molecule has 1 aliphatic heterocycles. The Hall–Kier alpha value is -1.99. The lowest BCUT2D eigenvalue weighted by molar-refractivity contribution is -0.135. The Morgan fingerprint density at radius 2 is 1.96 bits per heavy atom. The number of rotatable bonds is 5. The molecule has 27 heavy (non-hydrogen) atoms. The van der Waals surface area contributed by atoms with Crippen LogP contribution in [0.4, 0.5) is 5.13 Å². The average Bonchev–Trinajstić information content (AvgIpc) is 3.38. The first-order valence-electron chi connectivity index (χ1n) is 9.54. The normalized spacial score (nSPS) is 15.4. The summed E-state index contributed by atoms with van der Waals surface area (Å²) in [4.78, 5) is 28.6. The van der Waals surface area contributed by atoms with Crippen molar-refractivity contribution >= 4 is 44.1 Å².